The van der Waals surface area contributed by atoms with Crippen molar-refractivity contribution in [2.75, 3.05) is 5.88 Å². The van der Waals surface area contributed by atoms with E-state index in [-0.39, 0.29) is 4.49 Å². The number of hydrogen-bond donors (Lipinski definition) is 0. The normalized spacial score (nSPS) is 11.2. The molecule has 1 rings (SSSR count). The lowest BCUT2D eigenvalue weighted by Gasteiger charge is -2.01. The van der Waals surface area contributed by atoms with Gasteiger partial charge in [-0.25, -0.2) is 0 Å². The van der Waals surface area contributed by atoms with Crippen LogP contribution in [0.15, 0.2) is 47.0 Å². The van der Waals surface area contributed by atoms with Crippen LogP contribution >= 0.6 is 34.8 Å². The van der Waals surface area contributed by atoms with Gasteiger partial charge in [-0.2, -0.15) is 0 Å². The van der Waals surface area contributed by atoms with Crippen LogP contribution in [-0.4, -0.2) is 5.88 Å². The molecule has 0 radical (unpaired) electrons. The first-order chi connectivity index (χ1) is 6.74. The molecule has 0 spiro atoms. The molecule has 3 heteroatoms. The number of rotatable bonds is 3. The fourth-order valence-corrected chi connectivity index (χ4v) is 1.40. The number of halogens is 3. The molecule has 0 unspecified atom stereocenters. The zero-order valence-corrected chi connectivity index (χ0v) is 9.65. The Morgan fingerprint density at radius 3 is 2.21 bits per heavy atom. The Hall–Kier alpha value is -0.430. The van der Waals surface area contributed by atoms with Crippen molar-refractivity contribution < 1.29 is 0 Å². The van der Waals surface area contributed by atoms with Gasteiger partial charge in [0.2, 0.25) is 0 Å². The fraction of sp³-hybridized carbons (Fsp3) is 0.0909. The van der Waals surface area contributed by atoms with Crippen LogP contribution in [0.5, 0.6) is 0 Å². The lowest BCUT2D eigenvalue weighted by atomic mass is 10.1. The number of benzene rings is 1. The number of hydrogen-bond acceptors (Lipinski definition) is 0. The van der Waals surface area contributed by atoms with Crippen molar-refractivity contribution in [2.24, 2.45) is 0 Å². The zero-order chi connectivity index (χ0) is 10.4. The van der Waals surface area contributed by atoms with Crippen molar-refractivity contribution in [2.45, 2.75) is 0 Å². The molecule has 0 saturated carbocycles. The van der Waals surface area contributed by atoms with Crippen LogP contribution in [0.2, 0.25) is 0 Å². The molecular formula is C11H9Cl3. The third-order valence-electron chi connectivity index (χ3n) is 1.70. The molecule has 0 nitrogen and oxygen atoms in total. The Kier molecular flexibility index (Phi) is 5.10. The molecule has 14 heavy (non-hydrogen) atoms. The second-order valence-corrected chi connectivity index (χ2v) is 3.92. The van der Waals surface area contributed by atoms with Crippen LogP contribution in [0.3, 0.4) is 0 Å². The highest BCUT2D eigenvalue weighted by Gasteiger charge is 1.97. The third-order valence-corrected chi connectivity index (χ3v) is 2.24. The Morgan fingerprint density at radius 1 is 1.07 bits per heavy atom. The van der Waals surface area contributed by atoms with Crippen LogP contribution in [-0.2, 0) is 0 Å². The van der Waals surface area contributed by atoms with Crippen molar-refractivity contribution in [3.8, 4) is 0 Å². The first kappa shape index (κ1) is 11.6. The van der Waals surface area contributed by atoms with E-state index in [0.29, 0.717) is 5.88 Å². The molecule has 74 valence electrons. The molecule has 1 aromatic rings. The molecular weight excluding hydrogens is 238 g/mol. The predicted molar refractivity (Wildman–Crippen MR) is 64.9 cm³/mol. The van der Waals surface area contributed by atoms with Crippen molar-refractivity contribution >= 4 is 40.4 Å². The number of allylic oxidation sites excluding steroid dienone is 3. The van der Waals surface area contributed by atoms with E-state index in [2.05, 4.69) is 0 Å². The molecule has 0 saturated heterocycles. The standard InChI is InChI=1S/C11H9Cl3/c12-8-10(6-7-11(13)14)9-4-2-1-3-5-9/h1-7H,8H2. The van der Waals surface area contributed by atoms with Crippen molar-refractivity contribution in [3.63, 3.8) is 0 Å². The van der Waals surface area contributed by atoms with Crippen LogP contribution in [0.25, 0.3) is 5.57 Å². The van der Waals surface area contributed by atoms with Gasteiger partial charge in [-0.3, -0.25) is 0 Å². The molecule has 0 amide bonds. The summed E-state index contributed by atoms with van der Waals surface area (Å²) in [5, 5.41) is 0. The van der Waals surface area contributed by atoms with E-state index in [1.807, 2.05) is 36.4 Å². The summed E-state index contributed by atoms with van der Waals surface area (Å²) in [6, 6.07) is 9.86. The minimum Gasteiger partial charge on any atom is -0.122 e. The van der Waals surface area contributed by atoms with E-state index in [1.165, 1.54) is 0 Å². The highest BCUT2D eigenvalue weighted by molar-refractivity contribution is 6.56. The van der Waals surface area contributed by atoms with E-state index in [0.717, 1.165) is 11.1 Å². The van der Waals surface area contributed by atoms with Gasteiger partial charge in [0.05, 0.1) is 0 Å². The lowest BCUT2D eigenvalue weighted by Crippen LogP contribution is -1.84. The molecule has 0 N–H and O–H groups in total. The average Bonchev–Trinajstić information content (AvgIpc) is 2.20. The summed E-state index contributed by atoms with van der Waals surface area (Å²) in [7, 11) is 0. The summed E-state index contributed by atoms with van der Waals surface area (Å²) < 4.78 is 0.226. The topological polar surface area (TPSA) is 0 Å². The smallest absolute Gasteiger partial charge is 0.106 e. The maximum absolute atomic E-state index is 5.80. The van der Waals surface area contributed by atoms with Crippen LogP contribution in [0, 0.1) is 0 Å². The molecule has 0 atom stereocenters. The Balaban J connectivity index is 2.93. The van der Waals surface area contributed by atoms with E-state index in [1.54, 1.807) is 6.08 Å². The van der Waals surface area contributed by atoms with Gasteiger partial charge in [0.15, 0.2) is 0 Å². The Labute approximate surface area is 98.8 Å². The van der Waals surface area contributed by atoms with Gasteiger partial charge in [-0.05, 0) is 17.2 Å². The second-order valence-electron chi connectivity index (χ2n) is 2.65. The molecule has 0 bridgehead atoms. The summed E-state index contributed by atoms with van der Waals surface area (Å²) in [5.41, 5.74) is 2.07. The maximum atomic E-state index is 5.80. The molecule has 0 aliphatic heterocycles. The molecule has 0 aliphatic rings. The second kappa shape index (κ2) is 6.13. The highest BCUT2D eigenvalue weighted by atomic mass is 35.5. The lowest BCUT2D eigenvalue weighted by molar-refractivity contribution is 1.57. The first-order valence-corrected chi connectivity index (χ1v) is 5.36. The highest BCUT2D eigenvalue weighted by Crippen LogP contribution is 2.17. The SMILES string of the molecule is ClCC(=CC=C(Cl)Cl)c1ccccc1. The Morgan fingerprint density at radius 2 is 1.71 bits per heavy atom. The van der Waals surface area contributed by atoms with Gasteiger partial charge >= 0.3 is 0 Å². The van der Waals surface area contributed by atoms with E-state index in [4.69, 9.17) is 34.8 Å². The van der Waals surface area contributed by atoms with Gasteiger partial charge in [0.25, 0.3) is 0 Å². The van der Waals surface area contributed by atoms with Crippen molar-refractivity contribution in [3.05, 3.63) is 52.5 Å². The minimum atomic E-state index is 0.226. The van der Waals surface area contributed by atoms with Crippen molar-refractivity contribution in [1.29, 1.82) is 0 Å². The molecule has 0 heterocycles. The summed E-state index contributed by atoms with van der Waals surface area (Å²) in [6.45, 7) is 0. The van der Waals surface area contributed by atoms with Gasteiger partial charge in [-0.15, -0.1) is 11.6 Å². The molecule has 0 fully saturated rings. The van der Waals surface area contributed by atoms with E-state index < -0.39 is 0 Å². The zero-order valence-electron chi connectivity index (χ0n) is 7.38. The first-order valence-electron chi connectivity index (χ1n) is 4.07. The summed E-state index contributed by atoms with van der Waals surface area (Å²) >= 11 is 16.8. The van der Waals surface area contributed by atoms with Gasteiger partial charge < -0.3 is 0 Å². The van der Waals surface area contributed by atoms with Gasteiger partial charge in [0, 0.05) is 5.88 Å². The largest absolute Gasteiger partial charge is 0.122 e. The molecule has 0 aromatic heterocycles. The third kappa shape index (κ3) is 3.75. The minimum absolute atomic E-state index is 0.226. The van der Waals surface area contributed by atoms with Gasteiger partial charge in [0.1, 0.15) is 4.49 Å². The molecule has 0 aliphatic carbocycles. The van der Waals surface area contributed by atoms with Crippen LogP contribution in [0.1, 0.15) is 5.56 Å². The van der Waals surface area contributed by atoms with Crippen molar-refractivity contribution in [1.82, 2.24) is 0 Å². The number of alkyl halides is 1. The Bertz CT molecular complexity index is 335. The quantitative estimate of drug-likeness (QED) is 0.540. The van der Waals surface area contributed by atoms with Crippen LogP contribution in [0.4, 0.5) is 0 Å². The molecule has 1 aromatic carbocycles. The summed E-state index contributed by atoms with van der Waals surface area (Å²) in [4.78, 5) is 0. The summed E-state index contributed by atoms with van der Waals surface area (Å²) in [5.74, 6) is 0.432. The van der Waals surface area contributed by atoms with Gasteiger partial charge in [-0.1, -0.05) is 59.6 Å². The van der Waals surface area contributed by atoms with E-state index in [9.17, 15) is 0 Å². The average molecular weight is 248 g/mol. The fourth-order valence-electron chi connectivity index (χ4n) is 1.03. The van der Waals surface area contributed by atoms with Crippen LogP contribution < -0.4 is 0 Å². The monoisotopic (exact) mass is 246 g/mol. The summed E-state index contributed by atoms with van der Waals surface area (Å²) in [6.07, 6.45) is 3.44. The predicted octanol–water partition coefficient (Wildman–Crippen LogP) is 4.63. The maximum Gasteiger partial charge on any atom is 0.106 e. The van der Waals surface area contributed by atoms with E-state index >= 15 is 0 Å².